The van der Waals surface area contributed by atoms with Crippen LogP contribution in [0.2, 0.25) is 0 Å². The van der Waals surface area contributed by atoms with E-state index < -0.39 is 0 Å². The van der Waals surface area contributed by atoms with Gasteiger partial charge in [-0.2, -0.15) is 0 Å². The molecule has 1 nitrogen and oxygen atoms in total. The highest BCUT2D eigenvalue weighted by atomic mass is 28.2. The molecule has 0 heterocycles. The van der Waals surface area contributed by atoms with Crippen molar-refractivity contribution >= 4 is 10.5 Å². The van der Waals surface area contributed by atoms with E-state index in [1.54, 1.807) is 0 Å². The predicted molar refractivity (Wildman–Crippen MR) is 80.5 cm³/mol. The summed E-state index contributed by atoms with van der Waals surface area (Å²) < 4.78 is 5.44. The molecule has 0 aliphatic heterocycles. The number of benzene rings is 2. The van der Waals surface area contributed by atoms with E-state index in [1.807, 2.05) is 0 Å². The third-order valence-electron chi connectivity index (χ3n) is 3.70. The maximum Gasteiger partial charge on any atom is 0.246 e. The molecular formula is C17H19OSi. The van der Waals surface area contributed by atoms with Crippen LogP contribution in [-0.4, -0.2) is 16.6 Å². The Morgan fingerprint density at radius 3 is 1.63 bits per heavy atom. The molecule has 0 aliphatic rings. The molecule has 2 aromatic rings. The molecule has 2 rings (SSSR count). The van der Waals surface area contributed by atoms with Gasteiger partial charge in [0.15, 0.2) is 0 Å². The van der Waals surface area contributed by atoms with Crippen molar-refractivity contribution in [3.63, 3.8) is 0 Å². The average molecular weight is 267 g/mol. The zero-order valence-electron chi connectivity index (χ0n) is 11.7. The van der Waals surface area contributed by atoms with Crippen LogP contribution in [-0.2, 0) is 4.43 Å². The summed E-state index contributed by atoms with van der Waals surface area (Å²) in [4.78, 5) is 0. The first-order valence-electron chi connectivity index (χ1n) is 6.58. The quantitative estimate of drug-likeness (QED) is 0.763. The van der Waals surface area contributed by atoms with Crippen LogP contribution in [0.1, 0.15) is 35.1 Å². The zero-order valence-corrected chi connectivity index (χ0v) is 12.7. The third kappa shape index (κ3) is 2.96. The number of hydrogen-bond donors (Lipinski definition) is 0. The lowest BCUT2D eigenvalue weighted by molar-refractivity contribution is 0.222. The Balaban J connectivity index is 2.55. The molecule has 97 valence electrons. The molecule has 0 bridgehead atoms. The lowest BCUT2D eigenvalue weighted by Gasteiger charge is -2.27. The Hall–Kier alpha value is -1.38. The van der Waals surface area contributed by atoms with Crippen LogP contribution in [0.5, 0.6) is 0 Å². The molecule has 0 amide bonds. The summed E-state index contributed by atoms with van der Waals surface area (Å²) in [5.41, 5.74) is 5.24. The van der Waals surface area contributed by atoms with Crippen LogP contribution < -0.4 is 0 Å². The van der Waals surface area contributed by atoms with Gasteiger partial charge < -0.3 is 4.43 Å². The fraction of sp³-hybridized carbons (Fsp3) is 0.294. The summed E-state index contributed by atoms with van der Waals surface area (Å²) in [5, 5.41) is 0. The van der Waals surface area contributed by atoms with Crippen LogP contribution in [0.3, 0.4) is 0 Å². The van der Waals surface area contributed by atoms with Crippen LogP contribution in [0.25, 0.3) is 0 Å². The average Bonchev–Trinajstić information content (AvgIpc) is 2.43. The first-order valence-corrected chi connectivity index (χ1v) is 6.99. The van der Waals surface area contributed by atoms with Crippen molar-refractivity contribution in [2.24, 2.45) is 0 Å². The minimum Gasteiger partial charge on any atom is -0.415 e. The molecule has 1 unspecified atom stereocenters. The van der Waals surface area contributed by atoms with E-state index in [4.69, 9.17) is 4.43 Å². The van der Waals surface area contributed by atoms with Gasteiger partial charge in [-0.3, -0.25) is 0 Å². The molecule has 0 N–H and O–H groups in total. The van der Waals surface area contributed by atoms with Gasteiger partial charge in [0.2, 0.25) is 10.5 Å². The second-order valence-electron chi connectivity index (χ2n) is 5.01. The zero-order chi connectivity index (χ0) is 13.8. The maximum absolute atomic E-state index is 5.44. The highest BCUT2D eigenvalue weighted by molar-refractivity contribution is 5.98. The first kappa shape index (κ1) is 14.0. The van der Waals surface area contributed by atoms with Crippen molar-refractivity contribution in [2.75, 3.05) is 0 Å². The molecule has 2 heteroatoms. The fourth-order valence-corrected chi connectivity index (χ4v) is 2.75. The predicted octanol–water partition coefficient (Wildman–Crippen LogP) is 3.92. The number of aryl methyl sites for hydroxylation is 2. The molecule has 1 atom stereocenters. The Morgan fingerprint density at radius 2 is 1.26 bits per heavy atom. The van der Waals surface area contributed by atoms with Crippen molar-refractivity contribution in [1.29, 1.82) is 0 Å². The maximum atomic E-state index is 5.44. The second kappa shape index (κ2) is 6.18. The Bertz CT molecular complexity index is 505. The molecule has 19 heavy (non-hydrogen) atoms. The first-order chi connectivity index (χ1) is 9.15. The van der Waals surface area contributed by atoms with Gasteiger partial charge >= 0.3 is 0 Å². The van der Waals surface area contributed by atoms with Crippen LogP contribution in [0.15, 0.2) is 48.5 Å². The van der Waals surface area contributed by atoms with E-state index in [0.717, 1.165) is 0 Å². The van der Waals surface area contributed by atoms with Crippen molar-refractivity contribution in [3.05, 3.63) is 70.8 Å². The highest BCUT2D eigenvalue weighted by Crippen LogP contribution is 2.33. The van der Waals surface area contributed by atoms with Gasteiger partial charge in [0.25, 0.3) is 0 Å². The summed E-state index contributed by atoms with van der Waals surface area (Å²) in [6, 6.07) is 17.0. The van der Waals surface area contributed by atoms with Crippen molar-refractivity contribution in [3.8, 4) is 0 Å². The van der Waals surface area contributed by atoms with Crippen molar-refractivity contribution in [2.45, 2.75) is 32.8 Å². The Labute approximate surface area is 119 Å². The second-order valence-corrected chi connectivity index (χ2v) is 5.25. The van der Waals surface area contributed by atoms with Crippen LogP contribution >= 0.6 is 0 Å². The summed E-state index contributed by atoms with van der Waals surface area (Å²) in [5.74, 6) is 0.236. The third-order valence-corrected chi connectivity index (χ3v) is 4.07. The van der Waals surface area contributed by atoms with Crippen molar-refractivity contribution < 1.29 is 4.43 Å². The molecule has 0 aromatic heterocycles. The molecule has 0 spiro atoms. The molecule has 0 saturated heterocycles. The van der Waals surface area contributed by atoms with Gasteiger partial charge in [0.05, 0.1) is 6.10 Å². The van der Waals surface area contributed by atoms with E-state index >= 15 is 0 Å². The lowest BCUT2D eigenvalue weighted by atomic mass is 9.83. The van der Waals surface area contributed by atoms with E-state index in [0.29, 0.717) is 0 Å². The Morgan fingerprint density at radius 1 is 0.842 bits per heavy atom. The molecule has 0 fully saturated rings. The van der Waals surface area contributed by atoms with Gasteiger partial charge in [-0.25, -0.2) is 0 Å². The summed E-state index contributed by atoms with van der Waals surface area (Å²) in [7, 11) is 3.21. The molecule has 0 aliphatic carbocycles. The lowest BCUT2D eigenvalue weighted by Crippen LogP contribution is -2.21. The summed E-state index contributed by atoms with van der Waals surface area (Å²) >= 11 is 0. The smallest absolute Gasteiger partial charge is 0.246 e. The van der Waals surface area contributed by atoms with Crippen LogP contribution in [0, 0.1) is 13.8 Å². The van der Waals surface area contributed by atoms with Gasteiger partial charge in [-0.05, 0) is 43.0 Å². The summed E-state index contributed by atoms with van der Waals surface area (Å²) in [6.07, 6.45) is 0.0684. The number of hydrogen-bond acceptors (Lipinski definition) is 1. The summed E-state index contributed by atoms with van der Waals surface area (Å²) in [6.45, 7) is 6.40. The minimum absolute atomic E-state index is 0.0684. The van der Waals surface area contributed by atoms with Crippen LogP contribution in [0.4, 0.5) is 0 Å². The van der Waals surface area contributed by atoms with Gasteiger partial charge in [-0.15, -0.1) is 0 Å². The van der Waals surface area contributed by atoms with E-state index in [2.05, 4.69) is 79.8 Å². The molecule has 0 saturated carbocycles. The standard InChI is InChI=1S/C17H19OSi/c1-12-8-4-6-10-15(12)17(14(3)18-19)16-11-7-5-9-13(16)2/h4-11,14,17H,1-3H3. The monoisotopic (exact) mass is 267 g/mol. The topological polar surface area (TPSA) is 9.23 Å². The van der Waals surface area contributed by atoms with Crippen molar-refractivity contribution in [1.82, 2.24) is 0 Å². The number of rotatable bonds is 4. The molecule has 2 aromatic carbocycles. The molecule has 3 radical (unpaired) electrons. The van der Waals surface area contributed by atoms with Gasteiger partial charge in [0, 0.05) is 5.92 Å². The largest absolute Gasteiger partial charge is 0.415 e. The fourth-order valence-electron chi connectivity index (χ4n) is 2.61. The van der Waals surface area contributed by atoms with E-state index in [-0.39, 0.29) is 12.0 Å². The van der Waals surface area contributed by atoms with E-state index in [9.17, 15) is 0 Å². The SMILES string of the molecule is Cc1ccccc1C(c1ccccc1C)C(C)O[Si]. The van der Waals surface area contributed by atoms with Gasteiger partial charge in [0.1, 0.15) is 0 Å². The molecular weight excluding hydrogens is 248 g/mol. The normalized spacial score (nSPS) is 12.7. The van der Waals surface area contributed by atoms with Gasteiger partial charge in [-0.1, -0.05) is 48.5 Å². The highest BCUT2D eigenvalue weighted by Gasteiger charge is 2.23. The Kier molecular flexibility index (Phi) is 4.56. The minimum atomic E-state index is 0.0684. The van der Waals surface area contributed by atoms with E-state index in [1.165, 1.54) is 22.3 Å².